The summed E-state index contributed by atoms with van der Waals surface area (Å²) in [6.45, 7) is 5.05. The molecule has 0 saturated heterocycles. The lowest BCUT2D eigenvalue weighted by Gasteiger charge is -2.28. The molecular weight excluding hydrogens is 282 g/mol. The SMILES string of the molecule is CCC(C)N(CCc1ccc2c(c1)OCO2)C(=N)N=C(N)N. The summed E-state index contributed by atoms with van der Waals surface area (Å²) >= 11 is 0. The Morgan fingerprint density at radius 3 is 2.77 bits per heavy atom. The Bertz CT molecular complexity index is 569. The molecule has 1 unspecified atom stereocenters. The van der Waals surface area contributed by atoms with E-state index in [1.165, 1.54) is 0 Å². The first-order valence-corrected chi connectivity index (χ1v) is 7.34. The molecule has 0 saturated carbocycles. The van der Waals surface area contributed by atoms with Crippen LogP contribution >= 0.6 is 0 Å². The lowest BCUT2D eigenvalue weighted by atomic mass is 10.1. The molecule has 1 aliphatic rings. The van der Waals surface area contributed by atoms with E-state index in [-0.39, 0.29) is 24.8 Å². The van der Waals surface area contributed by atoms with Gasteiger partial charge in [-0.25, -0.2) is 0 Å². The molecule has 1 aromatic rings. The zero-order chi connectivity index (χ0) is 16.1. The van der Waals surface area contributed by atoms with Gasteiger partial charge >= 0.3 is 0 Å². The molecule has 0 radical (unpaired) electrons. The van der Waals surface area contributed by atoms with Crippen LogP contribution in [0.3, 0.4) is 0 Å². The number of nitrogens with zero attached hydrogens (tertiary/aromatic N) is 2. The summed E-state index contributed by atoms with van der Waals surface area (Å²) < 4.78 is 10.7. The molecule has 22 heavy (non-hydrogen) atoms. The summed E-state index contributed by atoms with van der Waals surface area (Å²) in [7, 11) is 0. The molecule has 0 bridgehead atoms. The maximum Gasteiger partial charge on any atom is 0.231 e. The quantitative estimate of drug-likeness (QED) is 0.560. The van der Waals surface area contributed by atoms with Gasteiger partial charge in [0.05, 0.1) is 0 Å². The molecule has 2 rings (SSSR count). The first-order chi connectivity index (χ1) is 10.5. The number of benzene rings is 1. The summed E-state index contributed by atoms with van der Waals surface area (Å²) in [5, 5.41) is 8.03. The highest BCUT2D eigenvalue weighted by Crippen LogP contribution is 2.32. The van der Waals surface area contributed by atoms with E-state index < -0.39 is 0 Å². The van der Waals surface area contributed by atoms with E-state index in [0.717, 1.165) is 29.9 Å². The Morgan fingerprint density at radius 1 is 1.36 bits per heavy atom. The van der Waals surface area contributed by atoms with Crippen molar-refractivity contribution < 1.29 is 9.47 Å². The van der Waals surface area contributed by atoms with Gasteiger partial charge in [0.1, 0.15) is 0 Å². The van der Waals surface area contributed by atoms with E-state index >= 15 is 0 Å². The minimum atomic E-state index is -0.0959. The number of hydrogen-bond donors (Lipinski definition) is 3. The molecule has 7 heteroatoms. The third-order valence-corrected chi connectivity index (χ3v) is 3.71. The highest BCUT2D eigenvalue weighted by Gasteiger charge is 2.17. The minimum absolute atomic E-state index is 0.0927. The van der Waals surface area contributed by atoms with Crippen LogP contribution in [0.4, 0.5) is 0 Å². The fraction of sp³-hybridized carbons (Fsp3) is 0.467. The van der Waals surface area contributed by atoms with Crippen molar-refractivity contribution in [1.82, 2.24) is 4.90 Å². The van der Waals surface area contributed by atoms with Crippen LogP contribution in [0, 0.1) is 5.41 Å². The van der Waals surface area contributed by atoms with E-state index in [9.17, 15) is 0 Å². The molecule has 1 atom stereocenters. The van der Waals surface area contributed by atoms with Crippen molar-refractivity contribution in [3.8, 4) is 11.5 Å². The molecule has 0 spiro atoms. The van der Waals surface area contributed by atoms with Crippen molar-refractivity contribution in [2.75, 3.05) is 13.3 Å². The number of hydrogen-bond acceptors (Lipinski definition) is 3. The van der Waals surface area contributed by atoms with Gasteiger partial charge in [0.2, 0.25) is 12.8 Å². The van der Waals surface area contributed by atoms with Crippen LogP contribution in [0.25, 0.3) is 0 Å². The topological polar surface area (TPSA) is 110 Å². The van der Waals surface area contributed by atoms with Crippen LogP contribution in [-0.4, -0.2) is 36.2 Å². The van der Waals surface area contributed by atoms with Crippen molar-refractivity contribution in [3.63, 3.8) is 0 Å². The number of ether oxygens (including phenoxy) is 2. The van der Waals surface area contributed by atoms with E-state index in [1.807, 2.05) is 23.1 Å². The molecule has 0 fully saturated rings. The fourth-order valence-electron chi connectivity index (χ4n) is 2.29. The molecular formula is C15H23N5O2. The maximum atomic E-state index is 8.03. The first kappa shape index (κ1) is 15.9. The predicted octanol–water partition coefficient (Wildman–Crippen LogP) is 1.27. The zero-order valence-electron chi connectivity index (χ0n) is 13.0. The second-order valence-electron chi connectivity index (χ2n) is 5.25. The van der Waals surface area contributed by atoms with Gasteiger partial charge in [0, 0.05) is 12.6 Å². The van der Waals surface area contributed by atoms with Gasteiger partial charge in [-0.15, -0.1) is 0 Å². The number of nitrogens with one attached hydrogen (secondary N) is 1. The average Bonchev–Trinajstić information content (AvgIpc) is 2.93. The number of aliphatic imine (C=N–C) groups is 1. The first-order valence-electron chi connectivity index (χ1n) is 7.34. The van der Waals surface area contributed by atoms with Crippen molar-refractivity contribution in [2.24, 2.45) is 16.5 Å². The van der Waals surface area contributed by atoms with Crippen molar-refractivity contribution >= 4 is 11.9 Å². The molecule has 1 heterocycles. The third kappa shape index (κ3) is 3.81. The van der Waals surface area contributed by atoms with E-state index in [2.05, 4.69) is 18.8 Å². The highest BCUT2D eigenvalue weighted by molar-refractivity contribution is 5.91. The Morgan fingerprint density at radius 2 is 2.09 bits per heavy atom. The molecule has 1 aliphatic heterocycles. The normalized spacial score (nSPS) is 13.5. The second kappa shape index (κ2) is 7.02. The molecule has 0 amide bonds. The Balaban J connectivity index is 2.04. The summed E-state index contributed by atoms with van der Waals surface area (Å²) in [5.74, 6) is 1.54. The molecule has 7 nitrogen and oxygen atoms in total. The second-order valence-corrected chi connectivity index (χ2v) is 5.25. The minimum Gasteiger partial charge on any atom is -0.454 e. The highest BCUT2D eigenvalue weighted by atomic mass is 16.7. The van der Waals surface area contributed by atoms with Gasteiger partial charge in [-0.2, -0.15) is 4.99 Å². The van der Waals surface area contributed by atoms with Gasteiger partial charge in [-0.3, -0.25) is 5.41 Å². The number of fused-ring (bicyclic) bond motifs is 1. The van der Waals surface area contributed by atoms with Gasteiger partial charge in [0.15, 0.2) is 17.5 Å². The van der Waals surface area contributed by atoms with Crippen LogP contribution in [-0.2, 0) is 6.42 Å². The predicted molar refractivity (Wildman–Crippen MR) is 86.3 cm³/mol. The number of guanidine groups is 2. The molecule has 120 valence electrons. The number of nitrogens with two attached hydrogens (primary N) is 2. The van der Waals surface area contributed by atoms with Crippen molar-refractivity contribution in [2.45, 2.75) is 32.7 Å². The van der Waals surface area contributed by atoms with Gasteiger partial charge in [-0.1, -0.05) is 13.0 Å². The van der Waals surface area contributed by atoms with Crippen molar-refractivity contribution in [1.29, 1.82) is 5.41 Å². The lowest BCUT2D eigenvalue weighted by molar-refractivity contribution is 0.174. The average molecular weight is 305 g/mol. The molecule has 0 aromatic heterocycles. The van der Waals surface area contributed by atoms with Crippen LogP contribution in [0.2, 0.25) is 0 Å². The van der Waals surface area contributed by atoms with E-state index in [0.29, 0.717) is 6.54 Å². The molecule has 5 N–H and O–H groups in total. The van der Waals surface area contributed by atoms with Gasteiger partial charge in [-0.05, 0) is 37.5 Å². The van der Waals surface area contributed by atoms with Crippen LogP contribution < -0.4 is 20.9 Å². The fourth-order valence-corrected chi connectivity index (χ4v) is 2.29. The van der Waals surface area contributed by atoms with Crippen molar-refractivity contribution in [3.05, 3.63) is 23.8 Å². The number of rotatable bonds is 5. The van der Waals surface area contributed by atoms with Crippen LogP contribution in [0.5, 0.6) is 11.5 Å². The molecule has 1 aromatic carbocycles. The Labute approximate surface area is 130 Å². The van der Waals surface area contributed by atoms with Crippen LogP contribution in [0.1, 0.15) is 25.8 Å². The standard InChI is InChI=1S/C15H23N5O2/c1-3-10(2)20(15(18)19-14(16)17)7-6-11-4-5-12-13(8-11)22-9-21-12/h4-5,8,10H,3,6-7,9H2,1-2H3,(H5,16,17,18,19). The zero-order valence-corrected chi connectivity index (χ0v) is 13.0. The summed E-state index contributed by atoms with van der Waals surface area (Å²) in [6, 6.07) is 6.07. The summed E-state index contributed by atoms with van der Waals surface area (Å²) in [5.41, 5.74) is 11.9. The Kier molecular flexibility index (Phi) is 5.08. The Hall–Kier alpha value is -2.44. The van der Waals surface area contributed by atoms with Gasteiger partial charge in [0.25, 0.3) is 0 Å². The van der Waals surface area contributed by atoms with E-state index in [4.69, 9.17) is 26.4 Å². The van der Waals surface area contributed by atoms with Gasteiger partial charge < -0.3 is 25.8 Å². The van der Waals surface area contributed by atoms with E-state index in [1.54, 1.807) is 0 Å². The smallest absolute Gasteiger partial charge is 0.231 e. The summed E-state index contributed by atoms with van der Waals surface area (Å²) in [6.07, 6.45) is 1.67. The monoisotopic (exact) mass is 305 g/mol. The molecule has 0 aliphatic carbocycles. The third-order valence-electron chi connectivity index (χ3n) is 3.71. The van der Waals surface area contributed by atoms with Crippen LogP contribution in [0.15, 0.2) is 23.2 Å². The largest absolute Gasteiger partial charge is 0.454 e. The lowest BCUT2D eigenvalue weighted by Crippen LogP contribution is -2.40. The maximum absolute atomic E-state index is 8.03. The summed E-state index contributed by atoms with van der Waals surface area (Å²) in [4.78, 5) is 5.75.